The van der Waals surface area contributed by atoms with Gasteiger partial charge in [-0.25, -0.2) is 4.98 Å². The molecule has 1 atom stereocenters. The first-order chi connectivity index (χ1) is 25.9. The van der Waals surface area contributed by atoms with Gasteiger partial charge in [-0.2, -0.15) is 0 Å². The van der Waals surface area contributed by atoms with E-state index in [1.54, 1.807) is 73.8 Å². The van der Waals surface area contributed by atoms with Crippen LogP contribution in [0.15, 0.2) is 149 Å². The maximum Gasteiger partial charge on any atom is 0.272 e. The van der Waals surface area contributed by atoms with Crippen LogP contribution in [0.4, 0.5) is 10.8 Å². The minimum absolute atomic E-state index is 0.0659. The van der Waals surface area contributed by atoms with E-state index in [2.05, 4.69) is 20.9 Å². The maximum absolute atomic E-state index is 13.8. The molecule has 5 aromatic carbocycles. The van der Waals surface area contributed by atoms with E-state index in [0.29, 0.717) is 34.3 Å². The van der Waals surface area contributed by atoms with Crippen LogP contribution in [0.25, 0.3) is 17.3 Å². The van der Waals surface area contributed by atoms with Gasteiger partial charge in [-0.3, -0.25) is 14.4 Å². The zero-order valence-electron chi connectivity index (χ0n) is 28.9. The summed E-state index contributed by atoms with van der Waals surface area (Å²) < 4.78 is 10.8. The van der Waals surface area contributed by atoms with Gasteiger partial charge in [-0.1, -0.05) is 60.7 Å². The molecule has 11 heteroatoms. The van der Waals surface area contributed by atoms with E-state index in [-0.39, 0.29) is 11.6 Å². The van der Waals surface area contributed by atoms with Crippen LogP contribution in [0.1, 0.15) is 33.7 Å². The van der Waals surface area contributed by atoms with Crippen molar-refractivity contribution in [2.75, 3.05) is 24.4 Å². The van der Waals surface area contributed by atoms with Crippen molar-refractivity contribution < 1.29 is 23.9 Å². The molecule has 3 N–H and O–H groups in total. The van der Waals surface area contributed by atoms with Crippen LogP contribution in [0.3, 0.4) is 0 Å². The molecule has 1 unspecified atom stereocenters. The Morgan fingerprint density at radius 3 is 2.11 bits per heavy atom. The van der Waals surface area contributed by atoms with Crippen molar-refractivity contribution in [2.45, 2.75) is 17.1 Å². The van der Waals surface area contributed by atoms with Crippen molar-refractivity contribution in [3.63, 3.8) is 0 Å². The molecular formula is C42H36N4O5S2. The highest BCUT2D eigenvalue weighted by molar-refractivity contribution is 8.00. The normalized spacial score (nSPS) is 11.6. The fraction of sp³-hybridized carbons (Fsp3) is 0.0952. The van der Waals surface area contributed by atoms with Crippen LogP contribution in [-0.2, 0) is 9.59 Å². The average Bonchev–Trinajstić information content (AvgIpc) is 3.67. The van der Waals surface area contributed by atoms with E-state index >= 15 is 0 Å². The van der Waals surface area contributed by atoms with Crippen molar-refractivity contribution in [3.05, 3.63) is 161 Å². The molecule has 1 aromatic heterocycles. The summed E-state index contributed by atoms with van der Waals surface area (Å²) in [5.41, 5.74) is 4.21. The molecule has 0 aliphatic heterocycles. The fourth-order valence-corrected chi connectivity index (χ4v) is 6.93. The van der Waals surface area contributed by atoms with Crippen LogP contribution < -0.4 is 25.4 Å². The minimum Gasteiger partial charge on any atom is -0.497 e. The molecule has 9 nitrogen and oxygen atoms in total. The Hall–Kier alpha value is -6.17. The van der Waals surface area contributed by atoms with Gasteiger partial charge in [0.15, 0.2) is 5.13 Å². The van der Waals surface area contributed by atoms with Gasteiger partial charge in [0.25, 0.3) is 11.8 Å². The van der Waals surface area contributed by atoms with Crippen molar-refractivity contribution in [2.24, 2.45) is 0 Å². The first-order valence-corrected chi connectivity index (χ1v) is 18.5. The second-order valence-corrected chi connectivity index (χ2v) is 13.6. The molecule has 266 valence electrons. The molecule has 53 heavy (non-hydrogen) atoms. The number of nitrogens with zero attached hydrogens (tertiary/aromatic N) is 1. The highest BCUT2D eigenvalue weighted by Crippen LogP contribution is 2.37. The Labute approximate surface area is 316 Å². The van der Waals surface area contributed by atoms with Crippen molar-refractivity contribution in [1.82, 2.24) is 10.3 Å². The molecule has 6 aromatic rings. The smallest absolute Gasteiger partial charge is 0.272 e. The third-order valence-corrected chi connectivity index (χ3v) is 9.88. The second-order valence-electron chi connectivity index (χ2n) is 11.5. The third-order valence-electron chi connectivity index (χ3n) is 7.86. The summed E-state index contributed by atoms with van der Waals surface area (Å²) in [6.07, 6.45) is 1.60. The minimum atomic E-state index is -0.582. The number of benzene rings is 5. The summed E-state index contributed by atoms with van der Waals surface area (Å²) in [6, 6.07) is 40.2. The average molecular weight is 741 g/mol. The van der Waals surface area contributed by atoms with E-state index in [1.165, 1.54) is 23.1 Å². The standard InChI is InChI=1S/C42H36N4O5S2/c1-3-51-34-22-16-29(17-23-34)37-27-52-42(45-37)46-41(49)38(30-10-6-4-7-11-30)53-35-24-18-32(19-25-35)43-40(48)36(26-28-14-20-33(50-2)21-15-28)44-39(47)31-12-8-5-9-13-31/h4-27,38H,3H2,1-2H3,(H,43,48)(H,44,47)(H,45,46,49)/b36-26-. The number of hydrogen-bond acceptors (Lipinski definition) is 8. The van der Waals surface area contributed by atoms with E-state index < -0.39 is 17.1 Å². The summed E-state index contributed by atoms with van der Waals surface area (Å²) in [5.74, 6) is 0.331. The molecule has 6 rings (SSSR count). The quantitative estimate of drug-likeness (QED) is 0.0753. The number of rotatable bonds is 14. The largest absolute Gasteiger partial charge is 0.497 e. The SMILES string of the molecule is CCOc1ccc(-c2csc(NC(=O)C(Sc3ccc(NC(=O)/C(=C/c4ccc(OC)cc4)NC(=O)c4ccccc4)cc3)c3ccccc3)n2)cc1. The molecule has 0 fully saturated rings. The van der Waals surface area contributed by atoms with Gasteiger partial charge in [0, 0.05) is 27.1 Å². The summed E-state index contributed by atoms with van der Waals surface area (Å²) in [5, 5.41) is 10.5. The number of carbonyl (C=O) groups is 3. The molecule has 0 aliphatic rings. The first-order valence-electron chi connectivity index (χ1n) is 16.7. The Morgan fingerprint density at radius 1 is 0.792 bits per heavy atom. The van der Waals surface area contributed by atoms with Crippen LogP contribution in [0.2, 0.25) is 0 Å². The molecule has 0 bridgehead atoms. The number of ether oxygens (including phenoxy) is 2. The van der Waals surface area contributed by atoms with Gasteiger partial charge < -0.3 is 25.4 Å². The van der Waals surface area contributed by atoms with Crippen molar-refractivity contribution in [3.8, 4) is 22.8 Å². The maximum atomic E-state index is 13.8. The Bertz CT molecular complexity index is 2170. The molecule has 1 heterocycles. The molecule has 3 amide bonds. The lowest BCUT2D eigenvalue weighted by Gasteiger charge is -2.17. The molecule has 0 saturated heterocycles. The van der Waals surface area contributed by atoms with Crippen molar-refractivity contribution in [1.29, 1.82) is 0 Å². The number of amides is 3. The summed E-state index contributed by atoms with van der Waals surface area (Å²) >= 11 is 2.74. The summed E-state index contributed by atoms with van der Waals surface area (Å²) in [6.45, 7) is 2.53. The number of methoxy groups -OCH3 is 1. The summed E-state index contributed by atoms with van der Waals surface area (Å²) in [4.78, 5) is 45.8. The van der Waals surface area contributed by atoms with Gasteiger partial charge in [-0.15, -0.1) is 23.1 Å². The zero-order valence-corrected chi connectivity index (χ0v) is 30.6. The Kier molecular flexibility index (Phi) is 12.3. The van der Waals surface area contributed by atoms with Gasteiger partial charge in [-0.05, 0) is 96.9 Å². The third kappa shape index (κ3) is 10.0. The number of hydrogen-bond donors (Lipinski definition) is 3. The lowest BCUT2D eigenvalue weighted by atomic mass is 10.1. The van der Waals surface area contributed by atoms with E-state index in [9.17, 15) is 14.4 Å². The van der Waals surface area contributed by atoms with Crippen LogP contribution in [-0.4, -0.2) is 36.4 Å². The Morgan fingerprint density at radius 2 is 1.45 bits per heavy atom. The van der Waals surface area contributed by atoms with Gasteiger partial charge >= 0.3 is 0 Å². The number of thioether (sulfide) groups is 1. The predicted octanol–water partition coefficient (Wildman–Crippen LogP) is 9.10. The Balaban J connectivity index is 1.15. The molecule has 0 saturated carbocycles. The number of nitrogens with one attached hydrogen (secondary N) is 3. The van der Waals surface area contributed by atoms with E-state index in [1.807, 2.05) is 85.1 Å². The zero-order chi connectivity index (χ0) is 37.0. The van der Waals surface area contributed by atoms with Crippen LogP contribution in [0.5, 0.6) is 11.5 Å². The highest BCUT2D eigenvalue weighted by atomic mass is 32.2. The molecular weight excluding hydrogens is 705 g/mol. The number of carbonyl (C=O) groups excluding carboxylic acids is 3. The first kappa shape index (κ1) is 36.6. The van der Waals surface area contributed by atoms with Crippen LogP contribution >= 0.6 is 23.1 Å². The van der Waals surface area contributed by atoms with Crippen molar-refractivity contribution >= 4 is 57.7 Å². The van der Waals surface area contributed by atoms with Gasteiger partial charge in [0.1, 0.15) is 22.4 Å². The lowest BCUT2D eigenvalue weighted by Crippen LogP contribution is -2.30. The lowest BCUT2D eigenvalue weighted by molar-refractivity contribution is -0.116. The molecule has 0 aliphatic carbocycles. The summed E-state index contributed by atoms with van der Waals surface area (Å²) in [7, 11) is 1.58. The van der Waals surface area contributed by atoms with Gasteiger partial charge in [0.2, 0.25) is 5.91 Å². The predicted molar refractivity (Wildman–Crippen MR) is 212 cm³/mol. The fourth-order valence-electron chi connectivity index (χ4n) is 5.18. The molecule has 0 radical (unpaired) electrons. The highest BCUT2D eigenvalue weighted by Gasteiger charge is 2.24. The van der Waals surface area contributed by atoms with E-state index in [4.69, 9.17) is 9.47 Å². The second kappa shape index (κ2) is 17.9. The number of aromatic nitrogens is 1. The van der Waals surface area contributed by atoms with Crippen LogP contribution in [0, 0.1) is 0 Å². The number of thiazole rings is 1. The number of anilines is 2. The monoisotopic (exact) mass is 740 g/mol. The topological polar surface area (TPSA) is 119 Å². The van der Waals surface area contributed by atoms with Gasteiger partial charge in [0.05, 0.1) is 19.4 Å². The van der Waals surface area contributed by atoms with E-state index in [0.717, 1.165) is 27.5 Å². The molecule has 0 spiro atoms.